The van der Waals surface area contributed by atoms with E-state index in [0.717, 1.165) is 19.4 Å². The third-order valence-electron chi connectivity index (χ3n) is 3.82. The Morgan fingerprint density at radius 2 is 2.25 bits per heavy atom. The van der Waals surface area contributed by atoms with Gasteiger partial charge in [0.25, 0.3) is 5.91 Å². The Balaban J connectivity index is 2.19. The normalized spacial score (nSPS) is 19.1. The van der Waals surface area contributed by atoms with Crippen molar-refractivity contribution in [1.29, 1.82) is 0 Å². The third kappa shape index (κ3) is 2.78. The minimum Gasteiger partial charge on any atom is -0.437 e. The van der Waals surface area contributed by atoms with Crippen LogP contribution in [0.1, 0.15) is 18.4 Å². The van der Waals surface area contributed by atoms with Crippen LogP contribution in [0.4, 0.5) is 0 Å². The molecule has 0 saturated carbocycles. The minimum atomic E-state index is -0.629. The highest BCUT2D eigenvalue weighted by molar-refractivity contribution is 6.46. The van der Waals surface area contributed by atoms with E-state index in [1.54, 1.807) is 42.7 Å². The quantitative estimate of drug-likeness (QED) is 0.779. The summed E-state index contributed by atoms with van der Waals surface area (Å²) in [5, 5.41) is 11.2. The fourth-order valence-electron chi connectivity index (χ4n) is 2.60. The van der Waals surface area contributed by atoms with Crippen LogP contribution in [0, 0.1) is 6.92 Å². The SMILES string of the molecule is CB(O)N1CCCC1C(=O)N(C)n1ccc(=O)c(C)c1. The summed E-state index contributed by atoms with van der Waals surface area (Å²) < 4.78 is 1.61. The number of pyridine rings is 1. The molecule has 1 saturated heterocycles. The number of amides is 1. The van der Waals surface area contributed by atoms with Crippen LogP contribution in [-0.2, 0) is 4.79 Å². The molecule has 1 unspecified atom stereocenters. The molecule has 0 radical (unpaired) electrons. The number of rotatable bonds is 3. The summed E-state index contributed by atoms with van der Waals surface area (Å²) in [5.41, 5.74) is 0.541. The molecule has 2 rings (SSSR count). The Hall–Kier alpha value is -1.60. The van der Waals surface area contributed by atoms with E-state index in [-0.39, 0.29) is 17.4 Å². The first kappa shape index (κ1) is 14.8. The van der Waals surface area contributed by atoms with Crippen LogP contribution in [0.15, 0.2) is 23.3 Å². The lowest BCUT2D eigenvalue weighted by molar-refractivity contribution is -0.123. The van der Waals surface area contributed by atoms with Gasteiger partial charge in [0.15, 0.2) is 5.43 Å². The van der Waals surface area contributed by atoms with Gasteiger partial charge < -0.3 is 9.83 Å². The number of hydrogen-bond donors (Lipinski definition) is 1. The van der Waals surface area contributed by atoms with Crippen LogP contribution in [0.3, 0.4) is 0 Å². The van der Waals surface area contributed by atoms with Gasteiger partial charge in [-0.3, -0.25) is 19.3 Å². The van der Waals surface area contributed by atoms with Gasteiger partial charge >= 0.3 is 7.05 Å². The first-order valence-corrected chi connectivity index (χ1v) is 6.82. The van der Waals surface area contributed by atoms with Crippen molar-refractivity contribution in [2.45, 2.75) is 32.6 Å². The Morgan fingerprint density at radius 1 is 1.55 bits per heavy atom. The third-order valence-corrected chi connectivity index (χ3v) is 3.82. The number of carbonyl (C=O) groups excluding carboxylic acids is 1. The Bertz CT molecular complexity index is 558. The zero-order valence-corrected chi connectivity index (χ0v) is 12.1. The number of carbonyl (C=O) groups is 1. The summed E-state index contributed by atoms with van der Waals surface area (Å²) >= 11 is 0. The average Bonchev–Trinajstić information content (AvgIpc) is 2.89. The number of hydrogen-bond acceptors (Lipinski definition) is 4. The van der Waals surface area contributed by atoms with E-state index in [1.165, 1.54) is 11.1 Å². The monoisotopic (exact) mass is 277 g/mol. The molecule has 108 valence electrons. The number of likely N-dealkylation sites (N-methyl/N-ethyl adjacent to an activating group) is 1. The van der Waals surface area contributed by atoms with Crippen LogP contribution >= 0.6 is 0 Å². The second-order valence-corrected chi connectivity index (χ2v) is 5.26. The van der Waals surface area contributed by atoms with Crippen molar-refractivity contribution in [3.63, 3.8) is 0 Å². The highest BCUT2D eigenvalue weighted by Gasteiger charge is 2.36. The molecular weight excluding hydrogens is 257 g/mol. The van der Waals surface area contributed by atoms with E-state index in [4.69, 9.17) is 0 Å². The van der Waals surface area contributed by atoms with E-state index < -0.39 is 7.05 Å². The molecule has 1 aliphatic heterocycles. The molecule has 1 aromatic heterocycles. The van der Waals surface area contributed by atoms with E-state index >= 15 is 0 Å². The summed E-state index contributed by atoms with van der Waals surface area (Å²) in [6, 6.07) is 1.14. The lowest BCUT2D eigenvalue weighted by Crippen LogP contribution is -2.52. The van der Waals surface area contributed by atoms with E-state index in [2.05, 4.69) is 0 Å². The predicted molar refractivity (Wildman–Crippen MR) is 78.2 cm³/mol. The molecule has 1 N–H and O–H groups in total. The molecule has 7 heteroatoms. The van der Waals surface area contributed by atoms with Crippen molar-refractivity contribution >= 4 is 13.0 Å². The van der Waals surface area contributed by atoms with Crippen molar-refractivity contribution in [3.05, 3.63) is 34.2 Å². The van der Waals surface area contributed by atoms with E-state index in [0.29, 0.717) is 5.56 Å². The first-order valence-electron chi connectivity index (χ1n) is 6.82. The molecule has 0 aliphatic carbocycles. The number of aromatic nitrogens is 1. The van der Waals surface area contributed by atoms with Gasteiger partial charge in [-0.25, -0.2) is 0 Å². The lowest BCUT2D eigenvalue weighted by Gasteiger charge is -2.29. The summed E-state index contributed by atoms with van der Waals surface area (Å²) in [7, 11) is 1.04. The molecule has 6 nitrogen and oxygen atoms in total. The summed E-state index contributed by atoms with van der Waals surface area (Å²) in [4.78, 5) is 25.7. The van der Waals surface area contributed by atoms with Crippen LogP contribution in [0.5, 0.6) is 0 Å². The molecule has 1 amide bonds. The molecule has 2 heterocycles. The Kier molecular flexibility index (Phi) is 4.30. The van der Waals surface area contributed by atoms with Crippen molar-refractivity contribution in [3.8, 4) is 0 Å². The second-order valence-electron chi connectivity index (χ2n) is 5.26. The highest BCUT2D eigenvalue weighted by atomic mass is 16.2. The van der Waals surface area contributed by atoms with Crippen LogP contribution in [0.25, 0.3) is 0 Å². The molecule has 0 aromatic carbocycles. The molecule has 20 heavy (non-hydrogen) atoms. The van der Waals surface area contributed by atoms with Crippen LogP contribution in [-0.4, -0.2) is 47.1 Å². The summed E-state index contributed by atoms with van der Waals surface area (Å²) in [6.45, 7) is 4.12. The fraction of sp³-hybridized carbons (Fsp3) is 0.538. The van der Waals surface area contributed by atoms with Gasteiger partial charge in [-0.1, -0.05) is 0 Å². The minimum absolute atomic E-state index is 0.0476. The van der Waals surface area contributed by atoms with Crippen LogP contribution < -0.4 is 10.4 Å². The molecule has 0 spiro atoms. The van der Waals surface area contributed by atoms with Crippen molar-refractivity contribution in [2.75, 3.05) is 18.6 Å². The molecule has 1 aromatic rings. The average molecular weight is 277 g/mol. The molecule has 1 fully saturated rings. The number of aryl methyl sites for hydroxylation is 1. The summed E-state index contributed by atoms with van der Waals surface area (Å²) in [6.07, 6.45) is 4.86. The smallest absolute Gasteiger partial charge is 0.377 e. The topological polar surface area (TPSA) is 65.8 Å². The van der Waals surface area contributed by atoms with Crippen molar-refractivity contribution < 1.29 is 9.82 Å². The van der Waals surface area contributed by atoms with Crippen molar-refractivity contribution in [1.82, 2.24) is 9.49 Å². The zero-order valence-electron chi connectivity index (χ0n) is 12.1. The second kappa shape index (κ2) is 5.81. The van der Waals surface area contributed by atoms with Crippen molar-refractivity contribution in [2.24, 2.45) is 0 Å². The van der Waals surface area contributed by atoms with Gasteiger partial charge in [0, 0.05) is 31.1 Å². The highest BCUT2D eigenvalue weighted by Crippen LogP contribution is 2.19. The molecule has 1 aliphatic rings. The van der Waals surface area contributed by atoms with E-state index in [9.17, 15) is 14.6 Å². The lowest BCUT2D eigenvalue weighted by atomic mass is 9.84. The van der Waals surface area contributed by atoms with Gasteiger partial charge in [0.1, 0.15) is 0 Å². The standard InChI is InChI=1S/C13H20BN3O3/c1-10-9-16(8-6-12(10)18)15(3)13(19)11-5-4-7-17(11)14(2)20/h6,8-9,11,20H,4-5,7H2,1-3H3. The maximum atomic E-state index is 12.5. The zero-order chi connectivity index (χ0) is 14.9. The summed E-state index contributed by atoms with van der Waals surface area (Å²) in [5.74, 6) is -0.0774. The van der Waals surface area contributed by atoms with Gasteiger partial charge in [0.2, 0.25) is 0 Å². The molecule has 0 bridgehead atoms. The largest absolute Gasteiger partial charge is 0.437 e. The Labute approximate surface area is 118 Å². The maximum Gasteiger partial charge on any atom is 0.377 e. The Morgan fingerprint density at radius 3 is 2.85 bits per heavy atom. The molecular formula is C13H20BN3O3. The fourth-order valence-corrected chi connectivity index (χ4v) is 2.60. The predicted octanol–water partition coefficient (Wildman–Crippen LogP) is -0.174. The molecule has 1 atom stereocenters. The van der Waals surface area contributed by atoms with Crippen LogP contribution in [0.2, 0.25) is 6.82 Å². The van der Waals surface area contributed by atoms with Gasteiger partial charge in [-0.05, 0) is 33.1 Å². The maximum absolute atomic E-state index is 12.5. The first-order chi connectivity index (χ1) is 9.41. The van der Waals surface area contributed by atoms with Gasteiger partial charge in [-0.2, -0.15) is 0 Å². The van der Waals surface area contributed by atoms with E-state index in [1.807, 2.05) is 0 Å². The van der Waals surface area contributed by atoms with Gasteiger partial charge in [-0.15, -0.1) is 0 Å². The van der Waals surface area contributed by atoms with Gasteiger partial charge in [0.05, 0.1) is 6.04 Å². The number of nitrogens with zero attached hydrogens (tertiary/aromatic N) is 3.